The fourth-order valence-corrected chi connectivity index (χ4v) is 2.25. The second-order valence-electron chi connectivity index (χ2n) is 3.35. The summed E-state index contributed by atoms with van der Waals surface area (Å²) in [5, 5.41) is 2.71. The number of nitrogens with two attached hydrogens (primary N) is 1. The molecule has 14 heavy (non-hydrogen) atoms. The van der Waals surface area contributed by atoms with E-state index in [2.05, 4.69) is 5.32 Å². The average molecular weight is 219 g/mol. The van der Waals surface area contributed by atoms with Crippen molar-refractivity contribution in [3.63, 3.8) is 0 Å². The lowest BCUT2D eigenvalue weighted by Gasteiger charge is -2.15. The van der Waals surface area contributed by atoms with Gasteiger partial charge in [0.05, 0.1) is 0 Å². The monoisotopic (exact) mass is 219 g/mol. The van der Waals surface area contributed by atoms with Crippen LogP contribution in [0.15, 0.2) is 0 Å². The molecular formula is C8H17N3O2S. The second-order valence-corrected chi connectivity index (χ2v) is 5.32. The Morgan fingerprint density at radius 1 is 1.71 bits per heavy atom. The van der Waals surface area contributed by atoms with Crippen LogP contribution in [-0.4, -0.2) is 52.3 Å². The Bertz CT molecular complexity index is 235. The van der Waals surface area contributed by atoms with Gasteiger partial charge in [0.15, 0.2) is 0 Å². The number of rotatable bonds is 5. The SMILES string of the molecule is CC(CN)S(=O)CCN1CCNC1=O. The zero-order chi connectivity index (χ0) is 10.6. The quantitative estimate of drug-likeness (QED) is 0.629. The molecule has 0 aromatic heterocycles. The molecule has 1 rings (SSSR count). The molecule has 0 aromatic rings. The number of urea groups is 1. The minimum atomic E-state index is -0.922. The Labute approximate surface area is 86.5 Å². The summed E-state index contributed by atoms with van der Waals surface area (Å²) in [5.41, 5.74) is 5.40. The Morgan fingerprint density at radius 3 is 2.93 bits per heavy atom. The topological polar surface area (TPSA) is 75.4 Å². The summed E-state index contributed by atoms with van der Waals surface area (Å²) in [4.78, 5) is 12.8. The van der Waals surface area contributed by atoms with Crippen LogP contribution >= 0.6 is 0 Å². The molecular weight excluding hydrogens is 202 g/mol. The summed E-state index contributed by atoms with van der Waals surface area (Å²) >= 11 is 0. The Hall–Kier alpha value is -0.620. The molecule has 0 bridgehead atoms. The van der Waals surface area contributed by atoms with Crippen LogP contribution in [-0.2, 0) is 10.8 Å². The van der Waals surface area contributed by atoms with Crippen molar-refractivity contribution in [1.82, 2.24) is 10.2 Å². The van der Waals surface area contributed by atoms with Crippen molar-refractivity contribution < 1.29 is 9.00 Å². The van der Waals surface area contributed by atoms with E-state index in [1.807, 2.05) is 6.92 Å². The number of nitrogens with one attached hydrogen (secondary N) is 1. The number of hydrogen-bond acceptors (Lipinski definition) is 3. The van der Waals surface area contributed by atoms with Crippen LogP contribution in [0.4, 0.5) is 4.79 Å². The van der Waals surface area contributed by atoms with Gasteiger partial charge in [-0.05, 0) is 6.92 Å². The van der Waals surface area contributed by atoms with E-state index in [4.69, 9.17) is 5.73 Å². The number of hydrogen-bond donors (Lipinski definition) is 2. The van der Waals surface area contributed by atoms with Crippen LogP contribution in [0.25, 0.3) is 0 Å². The van der Waals surface area contributed by atoms with Gasteiger partial charge in [-0.1, -0.05) is 0 Å². The van der Waals surface area contributed by atoms with Crippen molar-refractivity contribution in [2.75, 3.05) is 31.9 Å². The normalized spacial score (nSPS) is 20.7. The highest BCUT2D eigenvalue weighted by Crippen LogP contribution is 1.99. The van der Waals surface area contributed by atoms with Crippen molar-refractivity contribution >= 4 is 16.8 Å². The first-order valence-electron chi connectivity index (χ1n) is 4.75. The fraction of sp³-hybridized carbons (Fsp3) is 0.875. The zero-order valence-electron chi connectivity index (χ0n) is 8.36. The van der Waals surface area contributed by atoms with Gasteiger partial charge in [0, 0.05) is 48.0 Å². The van der Waals surface area contributed by atoms with Crippen LogP contribution in [0.2, 0.25) is 0 Å². The van der Waals surface area contributed by atoms with Gasteiger partial charge in [-0.15, -0.1) is 0 Å². The Balaban J connectivity index is 2.26. The van der Waals surface area contributed by atoms with Gasteiger partial charge in [0.1, 0.15) is 0 Å². The summed E-state index contributed by atoms with van der Waals surface area (Å²) in [5.74, 6) is 0.520. The van der Waals surface area contributed by atoms with E-state index in [1.165, 1.54) is 0 Å². The summed E-state index contributed by atoms with van der Waals surface area (Å²) < 4.78 is 11.5. The molecule has 2 atom stereocenters. The lowest BCUT2D eigenvalue weighted by molar-refractivity contribution is 0.220. The van der Waals surface area contributed by atoms with E-state index >= 15 is 0 Å². The molecule has 82 valence electrons. The molecule has 0 radical (unpaired) electrons. The lowest BCUT2D eigenvalue weighted by atomic mass is 10.5. The average Bonchev–Trinajstić information content (AvgIpc) is 2.59. The van der Waals surface area contributed by atoms with Crippen LogP contribution < -0.4 is 11.1 Å². The molecule has 1 heterocycles. The van der Waals surface area contributed by atoms with Gasteiger partial charge in [-0.3, -0.25) is 4.21 Å². The Morgan fingerprint density at radius 2 is 2.43 bits per heavy atom. The maximum atomic E-state index is 11.5. The van der Waals surface area contributed by atoms with E-state index in [9.17, 15) is 9.00 Å². The molecule has 0 aliphatic carbocycles. The van der Waals surface area contributed by atoms with Gasteiger partial charge in [0.25, 0.3) is 0 Å². The number of amides is 2. The minimum Gasteiger partial charge on any atom is -0.336 e. The molecule has 5 nitrogen and oxygen atoms in total. The summed E-state index contributed by atoms with van der Waals surface area (Å²) in [6.07, 6.45) is 0. The number of carbonyl (C=O) groups is 1. The third-order valence-corrected chi connectivity index (χ3v) is 3.96. The smallest absolute Gasteiger partial charge is 0.317 e. The molecule has 2 unspecified atom stereocenters. The summed E-state index contributed by atoms with van der Waals surface area (Å²) in [7, 11) is -0.922. The summed E-state index contributed by atoms with van der Waals surface area (Å²) in [6.45, 7) is 4.26. The highest BCUT2D eigenvalue weighted by atomic mass is 32.2. The van der Waals surface area contributed by atoms with Crippen molar-refractivity contribution in [2.24, 2.45) is 5.73 Å². The van der Waals surface area contributed by atoms with E-state index in [1.54, 1.807) is 4.90 Å². The van der Waals surface area contributed by atoms with Crippen molar-refractivity contribution in [2.45, 2.75) is 12.2 Å². The molecule has 1 saturated heterocycles. The maximum Gasteiger partial charge on any atom is 0.317 e. The van der Waals surface area contributed by atoms with Crippen molar-refractivity contribution in [1.29, 1.82) is 0 Å². The van der Waals surface area contributed by atoms with Crippen LogP contribution in [0.3, 0.4) is 0 Å². The van der Waals surface area contributed by atoms with Crippen LogP contribution in [0.5, 0.6) is 0 Å². The molecule has 1 aliphatic heterocycles. The predicted octanol–water partition coefficient (Wildman–Crippen LogP) is -0.892. The highest BCUT2D eigenvalue weighted by Gasteiger charge is 2.20. The number of nitrogens with zero attached hydrogens (tertiary/aromatic N) is 1. The van der Waals surface area contributed by atoms with E-state index in [0.29, 0.717) is 31.9 Å². The van der Waals surface area contributed by atoms with Crippen molar-refractivity contribution in [3.05, 3.63) is 0 Å². The molecule has 2 amide bonds. The standard InChI is InChI=1S/C8H17N3O2S/c1-7(6-9)14(13)5-4-11-3-2-10-8(11)12/h7H,2-6,9H2,1H3,(H,10,12). The fourth-order valence-electron chi connectivity index (χ4n) is 1.23. The van der Waals surface area contributed by atoms with Gasteiger partial charge in [-0.25, -0.2) is 4.79 Å². The second kappa shape index (κ2) is 5.31. The first kappa shape index (κ1) is 11.5. The van der Waals surface area contributed by atoms with E-state index in [0.717, 1.165) is 0 Å². The van der Waals surface area contributed by atoms with E-state index in [-0.39, 0.29) is 11.3 Å². The van der Waals surface area contributed by atoms with Gasteiger partial charge in [-0.2, -0.15) is 0 Å². The molecule has 3 N–H and O–H groups in total. The van der Waals surface area contributed by atoms with Crippen LogP contribution in [0, 0.1) is 0 Å². The third kappa shape index (κ3) is 2.95. The first-order valence-corrected chi connectivity index (χ1v) is 6.13. The third-order valence-electron chi connectivity index (χ3n) is 2.29. The van der Waals surface area contributed by atoms with E-state index < -0.39 is 10.8 Å². The number of carbonyl (C=O) groups excluding carboxylic acids is 1. The predicted molar refractivity (Wildman–Crippen MR) is 56.5 cm³/mol. The minimum absolute atomic E-state index is 0.0145. The molecule has 0 saturated carbocycles. The molecule has 0 spiro atoms. The first-order chi connectivity index (χ1) is 6.65. The molecule has 1 aliphatic rings. The highest BCUT2D eigenvalue weighted by molar-refractivity contribution is 7.85. The lowest BCUT2D eigenvalue weighted by Crippen LogP contribution is -2.34. The Kier molecular flexibility index (Phi) is 4.34. The van der Waals surface area contributed by atoms with Gasteiger partial charge in [0.2, 0.25) is 0 Å². The van der Waals surface area contributed by atoms with Gasteiger partial charge >= 0.3 is 6.03 Å². The zero-order valence-corrected chi connectivity index (χ0v) is 9.18. The van der Waals surface area contributed by atoms with Crippen molar-refractivity contribution in [3.8, 4) is 0 Å². The largest absolute Gasteiger partial charge is 0.336 e. The molecule has 6 heteroatoms. The van der Waals surface area contributed by atoms with Crippen LogP contribution in [0.1, 0.15) is 6.92 Å². The molecule has 1 fully saturated rings. The summed E-state index contributed by atoms with van der Waals surface area (Å²) in [6, 6.07) is -0.0533. The maximum absolute atomic E-state index is 11.5. The van der Waals surface area contributed by atoms with Gasteiger partial charge < -0.3 is 16.0 Å². The molecule has 0 aromatic carbocycles.